The van der Waals surface area contributed by atoms with Gasteiger partial charge in [-0.15, -0.1) is 0 Å². The normalized spacial score (nSPS) is 10.3. The van der Waals surface area contributed by atoms with E-state index in [-0.39, 0.29) is 5.91 Å². The maximum atomic E-state index is 12.5. The Morgan fingerprint density at radius 1 is 1.00 bits per heavy atom. The Balaban J connectivity index is 1.64. The summed E-state index contributed by atoms with van der Waals surface area (Å²) in [6.07, 6.45) is 1.63. The highest BCUT2D eigenvalue weighted by molar-refractivity contribution is 5.94. The fourth-order valence-corrected chi connectivity index (χ4v) is 2.63. The molecule has 0 aliphatic rings. The summed E-state index contributed by atoms with van der Waals surface area (Å²) in [6.45, 7) is 4.59. The molecule has 138 valence electrons. The van der Waals surface area contributed by atoms with E-state index in [4.69, 9.17) is 4.74 Å². The van der Waals surface area contributed by atoms with Crippen LogP contribution in [0, 0.1) is 13.8 Å². The van der Waals surface area contributed by atoms with Gasteiger partial charge in [0.25, 0.3) is 5.91 Å². The third-order valence-corrected chi connectivity index (χ3v) is 4.41. The van der Waals surface area contributed by atoms with Crippen LogP contribution in [0.15, 0.2) is 60.8 Å². The highest BCUT2D eigenvalue weighted by atomic mass is 16.5. The Hall–Kier alpha value is -3.34. The van der Waals surface area contributed by atoms with Gasteiger partial charge in [0.05, 0.1) is 7.11 Å². The molecular weight excluding hydrogens is 338 g/mol. The van der Waals surface area contributed by atoms with Crippen LogP contribution in [0.3, 0.4) is 0 Å². The third-order valence-electron chi connectivity index (χ3n) is 4.41. The summed E-state index contributed by atoms with van der Waals surface area (Å²) in [5, 5.41) is 6.17. The smallest absolute Gasteiger partial charge is 0.251 e. The molecule has 0 radical (unpaired) electrons. The molecule has 2 N–H and O–H groups in total. The maximum Gasteiger partial charge on any atom is 0.251 e. The Bertz CT molecular complexity index is 937. The van der Waals surface area contributed by atoms with Crippen molar-refractivity contribution in [2.75, 3.05) is 12.4 Å². The van der Waals surface area contributed by atoms with Gasteiger partial charge in [0, 0.05) is 24.0 Å². The van der Waals surface area contributed by atoms with Gasteiger partial charge in [-0.1, -0.05) is 18.2 Å². The molecule has 27 heavy (non-hydrogen) atoms. The molecule has 1 heterocycles. The summed E-state index contributed by atoms with van der Waals surface area (Å²) in [4.78, 5) is 16.8. The van der Waals surface area contributed by atoms with Crippen LogP contribution in [-0.4, -0.2) is 18.0 Å². The van der Waals surface area contributed by atoms with E-state index in [1.807, 2.05) is 30.3 Å². The van der Waals surface area contributed by atoms with Crippen molar-refractivity contribution in [3.63, 3.8) is 0 Å². The average Bonchev–Trinajstić information content (AvgIpc) is 2.69. The first kappa shape index (κ1) is 18.5. The van der Waals surface area contributed by atoms with Crippen LogP contribution in [0.25, 0.3) is 0 Å². The molecule has 0 aliphatic heterocycles. The minimum absolute atomic E-state index is 0.142. The summed E-state index contributed by atoms with van der Waals surface area (Å²) in [5.74, 6) is 1.29. The largest absolute Gasteiger partial charge is 0.497 e. The fourth-order valence-electron chi connectivity index (χ4n) is 2.63. The van der Waals surface area contributed by atoms with Crippen molar-refractivity contribution in [1.29, 1.82) is 0 Å². The summed E-state index contributed by atoms with van der Waals surface area (Å²) < 4.78 is 5.14. The lowest BCUT2D eigenvalue weighted by Crippen LogP contribution is -2.22. The van der Waals surface area contributed by atoms with E-state index >= 15 is 0 Å². The van der Waals surface area contributed by atoms with E-state index < -0.39 is 0 Å². The Labute approximate surface area is 159 Å². The van der Waals surface area contributed by atoms with Crippen molar-refractivity contribution >= 4 is 17.4 Å². The molecule has 3 aromatic rings. The van der Waals surface area contributed by atoms with Gasteiger partial charge < -0.3 is 15.4 Å². The molecule has 5 heteroatoms. The maximum absolute atomic E-state index is 12.5. The molecule has 0 atom stereocenters. The number of nitrogens with one attached hydrogen (secondary N) is 2. The topological polar surface area (TPSA) is 63.2 Å². The fraction of sp³-hybridized carbons (Fsp3) is 0.182. The van der Waals surface area contributed by atoms with Crippen molar-refractivity contribution in [2.24, 2.45) is 0 Å². The highest BCUT2D eigenvalue weighted by Crippen LogP contribution is 2.19. The van der Waals surface area contributed by atoms with Crippen molar-refractivity contribution in [1.82, 2.24) is 10.3 Å². The summed E-state index contributed by atoms with van der Waals surface area (Å²) in [7, 11) is 1.63. The average molecular weight is 361 g/mol. The monoisotopic (exact) mass is 361 g/mol. The van der Waals surface area contributed by atoms with Gasteiger partial charge in [0.2, 0.25) is 0 Å². The lowest BCUT2D eigenvalue weighted by atomic mass is 10.1. The number of aryl methyl sites for hydroxylation is 2. The van der Waals surface area contributed by atoms with Crippen LogP contribution in [0.1, 0.15) is 27.0 Å². The number of ether oxygens (including phenoxy) is 1. The third kappa shape index (κ3) is 4.85. The lowest BCUT2D eigenvalue weighted by molar-refractivity contribution is 0.0951. The van der Waals surface area contributed by atoms with Crippen LogP contribution >= 0.6 is 0 Å². The molecule has 2 aromatic carbocycles. The number of aromatic nitrogens is 1. The van der Waals surface area contributed by atoms with Gasteiger partial charge in [-0.2, -0.15) is 0 Å². The van der Waals surface area contributed by atoms with E-state index in [2.05, 4.69) is 41.6 Å². The Kier molecular flexibility index (Phi) is 5.71. The quantitative estimate of drug-likeness (QED) is 0.684. The first-order valence-corrected chi connectivity index (χ1v) is 8.76. The van der Waals surface area contributed by atoms with Crippen LogP contribution in [0.5, 0.6) is 5.75 Å². The zero-order valence-electron chi connectivity index (χ0n) is 15.7. The SMILES string of the molecule is COc1ccc(CNC(=O)c2ccnc(Nc3ccc(C)c(C)c3)c2)cc1. The second kappa shape index (κ2) is 8.36. The summed E-state index contributed by atoms with van der Waals surface area (Å²) >= 11 is 0. The number of hydrogen-bond acceptors (Lipinski definition) is 4. The second-order valence-corrected chi connectivity index (χ2v) is 6.38. The molecule has 0 aliphatic carbocycles. The summed E-state index contributed by atoms with van der Waals surface area (Å²) in [5.41, 5.74) is 4.95. The molecule has 5 nitrogen and oxygen atoms in total. The Morgan fingerprint density at radius 2 is 1.78 bits per heavy atom. The molecule has 0 saturated heterocycles. The van der Waals surface area contributed by atoms with Gasteiger partial charge in [-0.3, -0.25) is 4.79 Å². The van der Waals surface area contributed by atoms with Crippen LogP contribution in [0.4, 0.5) is 11.5 Å². The number of carbonyl (C=O) groups is 1. The van der Waals surface area contributed by atoms with Gasteiger partial charge in [-0.25, -0.2) is 4.98 Å². The summed E-state index contributed by atoms with van der Waals surface area (Å²) in [6, 6.07) is 17.2. The number of hydrogen-bond donors (Lipinski definition) is 2. The molecule has 0 unspecified atom stereocenters. The van der Waals surface area contributed by atoms with Crippen molar-refractivity contribution in [2.45, 2.75) is 20.4 Å². The van der Waals surface area contributed by atoms with E-state index in [1.54, 1.807) is 25.4 Å². The van der Waals surface area contributed by atoms with Crippen molar-refractivity contribution in [3.8, 4) is 5.75 Å². The van der Waals surface area contributed by atoms with Crippen LogP contribution in [0.2, 0.25) is 0 Å². The minimum atomic E-state index is -0.142. The number of anilines is 2. The number of methoxy groups -OCH3 is 1. The zero-order valence-corrected chi connectivity index (χ0v) is 15.7. The number of benzene rings is 2. The van der Waals surface area contributed by atoms with Crippen LogP contribution < -0.4 is 15.4 Å². The Morgan fingerprint density at radius 3 is 2.48 bits per heavy atom. The number of carbonyl (C=O) groups excluding carboxylic acids is 1. The predicted octanol–water partition coefficient (Wildman–Crippen LogP) is 4.38. The van der Waals surface area contributed by atoms with Crippen molar-refractivity contribution < 1.29 is 9.53 Å². The molecule has 1 aromatic heterocycles. The highest BCUT2D eigenvalue weighted by Gasteiger charge is 2.07. The van der Waals surface area contributed by atoms with Gasteiger partial charge in [0.15, 0.2) is 0 Å². The molecule has 0 spiro atoms. The van der Waals surface area contributed by atoms with E-state index in [0.29, 0.717) is 17.9 Å². The first-order chi connectivity index (χ1) is 13.0. The lowest BCUT2D eigenvalue weighted by Gasteiger charge is -2.10. The van der Waals surface area contributed by atoms with Crippen LogP contribution in [-0.2, 0) is 6.54 Å². The first-order valence-electron chi connectivity index (χ1n) is 8.76. The number of rotatable bonds is 6. The standard InChI is InChI=1S/C22H23N3O2/c1-15-4-7-19(12-16(15)2)25-21-13-18(10-11-23-21)22(26)24-14-17-5-8-20(27-3)9-6-17/h4-13H,14H2,1-3H3,(H,23,25)(H,24,26). The van der Waals surface area contributed by atoms with E-state index in [9.17, 15) is 4.79 Å². The molecule has 0 saturated carbocycles. The second-order valence-electron chi connectivity index (χ2n) is 6.38. The molecule has 1 amide bonds. The van der Waals surface area contributed by atoms with E-state index in [1.165, 1.54) is 11.1 Å². The van der Waals surface area contributed by atoms with Gasteiger partial charge in [-0.05, 0) is 66.9 Å². The number of amides is 1. The minimum Gasteiger partial charge on any atom is -0.497 e. The van der Waals surface area contributed by atoms with E-state index in [0.717, 1.165) is 17.0 Å². The molecule has 0 fully saturated rings. The number of nitrogens with zero attached hydrogens (tertiary/aromatic N) is 1. The molecule has 3 rings (SSSR count). The predicted molar refractivity (Wildman–Crippen MR) is 108 cm³/mol. The van der Waals surface area contributed by atoms with Crippen molar-refractivity contribution in [3.05, 3.63) is 83.0 Å². The van der Waals surface area contributed by atoms with Gasteiger partial charge >= 0.3 is 0 Å². The molecule has 0 bridgehead atoms. The number of pyridine rings is 1. The van der Waals surface area contributed by atoms with Gasteiger partial charge in [0.1, 0.15) is 11.6 Å². The zero-order chi connectivity index (χ0) is 19.2. The molecular formula is C22H23N3O2.